The van der Waals surface area contributed by atoms with Crippen LogP contribution in [0.3, 0.4) is 0 Å². The molecule has 0 fully saturated rings. The van der Waals surface area contributed by atoms with Crippen LogP contribution in [0, 0.1) is 12.3 Å². The summed E-state index contributed by atoms with van der Waals surface area (Å²) in [4.78, 5) is 3.41. The fourth-order valence-corrected chi connectivity index (χ4v) is 3.64. The first-order chi connectivity index (χ1) is 8.99. The fraction of sp³-hybridized carbons (Fsp3) is 0.214. The van der Waals surface area contributed by atoms with Gasteiger partial charge in [-0.1, -0.05) is 12.1 Å². The molecule has 1 heterocycles. The van der Waals surface area contributed by atoms with Crippen molar-refractivity contribution in [3.63, 3.8) is 0 Å². The van der Waals surface area contributed by atoms with Crippen molar-refractivity contribution in [2.24, 2.45) is 5.73 Å². The Morgan fingerprint density at radius 3 is 2.79 bits per heavy atom. The molecule has 0 saturated carbocycles. The monoisotopic (exact) mass is 337 g/mol. The lowest BCUT2D eigenvalue weighted by atomic mass is 10.1. The van der Waals surface area contributed by atoms with Crippen LogP contribution < -0.4 is 10.6 Å². The highest BCUT2D eigenvalue weighted by Crippen LogP contribution is 2.27. The third-order valence-electron chi connectivity index (χ3n) is 2.92. The maximum atomic E-state index is 7.70. The lowest BCUT2D eigenvalue weighted by molar-refractivity contribution is 0.931. The second-order valence-corrected chi connectivity index (χ2v) is 6.38. The van der Waals surface area contributed by atoms with E-state index in [0.29, 0.717) is 0 Å². The Hall–Kier alpha value is -1.33. The third-order valence-corrected chi connectivity index (χ3v) is 4.61. The summed E-state index contributed by atoms with van der Waals surface area (Å²) in [6.07, 6.45) is 0. The molecule has 100 valence electrons. The van der Waals surface area contributed by atoms with Crippen molar-refractivity contribution in [1.82, 2.24) is 0 Å². The maximum Gasteiger partial charge on any atom is 0.124 e. The molecule has 0 atom stereocenters. The number of halogens is 1. The van der Waals surface area contributed by atoms with Gasteiger partial charge in [0, 0.05) is 27.3 Å². The zero-order valence-electron chi connectivity index (χ0n) is 10.9. The second kappa shape index (κ2) is 5.75. The van der Waals surface area contributed by atoms with E-state index in [0.717, 1.165) is 27.8 Å². The van der Waals surface area contributed by atoms with Crippen LogP contribution in [0.2, 0.25) is 0 Å². The Labute approximate surface area is 125 Å². The van der Waals surface area contributed by atoms with E-state index in [1.807, 2.05) is 32.2 Å². The van der Waals surface area contributed by atoms with Gasteiger partial charge in [-0.15, -0.1) is 11.3 Å². The van der Waals surface area contributed by atoms with Crippen molar-refractivity contribution < 1.29 is 0 Å². The highest BCUT2D eigenvalue weighted by Gasteiger charge is 2.13. The zero-order chi connectivity index (χ0) is 14.0. The maximum absolute atomic E-state index is 7.70. The van der Waals surface area contributed by atoms with Gasteiger partial charge in [-0.05, 0) is 40.5 Å². The first-order valence-corrected chi connectivity index (χ1v) is 7.54. The molecule has 19 heavy (non-hydrogen) atoms. The molecule has 0 bridgehead atoms. The summed E-state index contributed by atoms with van der Waals surface area (Å²) in [5.41, 5.74) is 8.62. The van der Waals surface area contributed by atoms with Crippen LogP contribution in [0.25, 0.3) is 0 Å². The Morgan fingerprint density at radius 1 is 1.47 bits per heavy atom. The number of hydrogen-bond acceptors (Lipinski definition) is 3. The molecule has 1 aromatic heterocycles. The molecule has 0 amide bonds. The van der Waals surface area contributed by atoms with Gasteiger partial charge in [0.05, 0.1) is 12.2 Å². The predicted molar refractivity (Wildman–Crippen MR) is 86.3 cm³/mol. The van der Waals surface area contributed by atoms with Gasteiger partial charge >= 0.3 is 0 Å². The van der Waals surface area contributed by atoms with Crippen LogP contribution in [0.5, 0.6) is 0 Å². The largest absolute Gasteiger partial charge is 0.384 e. The Balaban J connectivity index is 2.32. The number of nitrogens with one attached hydrogen (secondary N) is 1. The average Bonchev–Trinajstić information content (AvgIpc) is 2.74. The Morgan fingerprint density at radius 2 is 2.21 bits per heavy atom. The molecule has 0 spiro atoms. The highest BCUT2D eigenvalue weighted by molar-refractivity contribution is 9.10. The average molecular weight is 338 g/mol. The number of rotatable bonds is 4. The van der Waals surface area contributed by atoms with E-state index in [-0.39, 0.29) is 5.84 Å². The molecular weight excluding hydrogens is 322 g/mol. The zero-order valence-corrected chi connectivity index (χ0v) is 13.3. The molecule has 3 nitrogen and oxygen atoms in total. The smallest absolute Gasteiger partial charge is 0.124 e. The standard InChI is InChI=1S/C14H16BrN3S/c1-9-4-3-5-12(14(16)17)13(9)18(2)7-11-6-10(15)8-19-11/h3-6,8H,7H2,1-2H3,(H3,16,17). The Kier molecular flexibility index (Phi) is 4.27. The van der Waals surface area contributed by atoms with Gasteiger partial charge in [-0.2, -0.15) is 0 Å². The summed E-state index contributed by atoms with van der Waals surface area (Å²) >= 11 is 5.19. The van der Waals surface area contributed by atoms with Crippen molar-refractivity contribution in [2.45, 2.75) is 13.5 Å². The summed E-state index contributed by atoms with van der Waals surface area (Å²) in [6, 6.07) is 7.99. The van der Waals surface area contributed by atoms with E-state index in [1.165, 1.54) is 4.88 Å². The lowest BCUT2D eigenvalue weighted by Gasteiger charge is -2.23. The van der Waals surface area contributed by atoms with E-state index in [9.17, 15) is 0 Å². The molecule has 2 rings (SSSR count). The number of nitrogen functional groups attached to an aromatic ring is 1. The van der Waals surface area contributed by atoms with Gasteiger partial charge in [0.15, 0.2) is 0 Å². The minimum absolute atomic E-state index is 0.109. The van der Waals surface area contributed by atoms with Crippen LogP contribution in [-0.2, 0) is 6.54 Å². The van der Waals surface area contributed by atoms with Crippen LogP contribution in [-0.4, -0.2) is 12.9 Å². The normalized spacial score (nSPS) is 10.5. The summed E-state index contributed by atoms with van der Waals surface area (Å²) in [5.74, 6) is 0.109. The van der Waals surface area contributed by atoms with Crippen molar-refractivity contribution in [1.29, 1.82) is 5.41 Å². The van der Waals surface area contributed by atoms with Gasteiger partial charge in [-0.3, -0.25) is 5.41 Å². The first kappa shape index (κ1) is 14.1. The quantitative estimate of drug-likeness (QED) is 0.659. The van der Waals surface area contributed by atoms with Crippen molar-refractivity contribution in [3.05, 3.63) is 50.1 Å². The van der Waals surface area contributed by atoms with E-state index >= 15 is 0 Å². The van der Waals surface area contributed by atoms with Crippen LogP contribution in [0.1, 0.15) is 16.0 Å². The molecular formula is C14H16BrN3S. The van der Waals surface area contributed by atoms with E-state index in [2.05, 4.69) is 32.3 Å². The number of anilines is 1. The minimum atomic E-state index is 0.109. The summed E-state index contributed by atoms with van der Waals surface area (Å²) in [7, 11) is 2.03. The summed E-state index contributed by atoms with van der Waals surface area (Å²) < 4.78 is 1.11. The van der Waals surface area contributed by atoms with E-state index < -0.39 is 0 Å². The number of benzene rings is 1. The molecule has 5 heteroatoms. The number of nitrogens with two attached hydrogens (primary N) is 1. The van der Waals surface area contributed by atoms with E-state index in [1.54, 1.807) is 11.3 Å². The number of hydrogen-bond donors (Lipinski definition) is 2. The van der Waals surface area contributed by atoms with Gasteiger partial charge < -0.3 is 10.6 Å². The molecule has 0 unspecified atom stereocenters. The number of amidine groups is 1. The van der Waals surface area contributed by atoms with Crippen LogP contribution in [0.15, 0.2) is 34.1 Å². The van der Waals surface area contributed by atoms with Crippen molar-refractivity contribution in [3.8, 4) is 0 Å². The van der Waals surface area contributed by atoms with Crippen LogP contribution in [0.4, 0.5) is 5.69 Å². The molecule has 0 radical (unpaired) electrons. The topological polar surface area (TPSA) is 53.1 Å². The van der Waals surface area contributed by atoms with E-state index in [4.69, 9.17) is 11.1 Å². The second-order valence-electron chi connectivity index (χ2n) is 4.47. The van der Waals surface area contributed by atoms with Gasteiger partial charge in [-0.25, -0.2) is 0 Å². The van der Waals surface area contributed by atoms with Gasteiger partial charge in [0.1, 0.15) is 5.84 Å². The molecule has 0 saturated heterocycles. The molecule has 3 N–H and O–H groups in total. The van der Waals surface area contributed by atoms with Gasteiger partial charge in [0.25, 0.3) is 0 Å². The summed E-state index contributed by atoms with van der Waals surface area (Å²) in [6.45, 7) is 2.85. The third kappa shape index (κ3) is 3.16. The minimum Gasteiger partial charge on any atom is -0.384 e. The molecule has 0 aliphatic rings. The molecule has 1 aromatic carbocycles. The first-order valence-electron chi connectivity index (χ1n) is 5.87. The number of thiophene rings is 1. The summed E-state index contributed by atoms with van der Waals surface area (Å²) in [5, 5.41) is 9.77. The number of nitrogens with zero attached hydrogens (tertiary/aromatic N) is 1. The fourth-order valence-electron chi connectivity index (χ4n) is 2.13. The van der Waals surface area contributed by atoms with Gasteiger partial charge in [0.2, 0.25) is 0 Å². The number of para-hydroxylation sites is 1. The lowest BCUT2D eigenvalue weighted by Crippen LogP contribution is -2.22. The molecule has 0 aliphatic heterocycles. The predicted octanol–water partition coefficient (Wildman–Crippen LogP) is 3.74. The highest BCUT2D eigenvalue weighted by atomic mass is 79.9. The van der Waals surface area contributed by atoms with Crippen molar-refractivity contribution >= 4 is 38.8 Å². The van der Waals surface area contributed by atoms with Crippen molar-refractivity contribution in [2.75, 3.05) is 11.9 Å². The molecule has 2 aromatic rings. The molecule has 0 aliphatic carbocycles. The number of aryl methyl sites for hydroxylation is 1. The van der Waals surface area contributed by atoms with Crippen LogP contribution >= 0.6 is 27.3 Å². The Bertz CT molecular complexity index is 606. The SMILES string of the molecule is Cc1cccc(C(=N)N)c1N(C)Cc1cc(Br)cs1.